The molecule has 0 fully saturated rings. The molecule has 2 aliphatic heterocycles. The van der Waals surface area contributed by atoms with E-state index >= 15 is 0 Å². The highest BCUT2D eigenvalue weighted by Gasteiger charge is 2.42. The van der Waals surface area contributed by atoms with E-state index in [0.717, 1.165) is 5.56 Å². The molecule has 1 aromatic heterocycles. The Hall–Kier alpha value is -3.87. The Kier molecular flexibility index (Phi) is 3.77. The number of nitrogens with one attached hydrogen (secondary N) is 2. The molecule has 1 amide bonds. The van der Waals surface area contributed by atoms with E-state index in [1.54, 1.807) is 24.1 Å². The van der Waals surface area contributed by atoms with Crippen molar-refractivity contribution in [3.05, 3.63) is 104 Å². The van der Waals surface area contributed by atoms with Crippen LogP contribution in [0.1, 0.15) is 17.0 Å². The summed E-state index contributed by atoms with van der Waals surface area (Å²) in [6.07, 6.45) is 0. The Morgan fingerprint density at radius 1 is 0.931 bits per heavy atom. The van der Waals surface area contributed by atoms with Gasteiger partial charge in [-0.05, 0) is 17.7 Å². The molecular weight excluding hydrogens is 368 g/mol. The molecular formula is C22H18N4O3. The van der Waals surface area contributed by atoms with Crippen LogP contribution in [0.4, 0.5) is 5.82 Å². The molecule has 1 atom stereocenters. The van der Waals surface area contributed by atoms with Gasteiger partial charge in [0.05, 0.1) is 29.3 Å². The molecule has 0 radical (unpaired) electrons. The lowest BCUT2D eigenvalue weighted by Crippen LogP contribution is -2.38. The number of likely N-dealkylation sites (N-methyl/N-ethyl adjacent to an activating group) is 1. The van der Waals surface area contributed by atoms with Crippen molar-refractivity contribution in [2.45, 2.75) is 5.92 Å². The number of benzene rings is 2. The zero-order chi connectivity index (χ0) is 20.1. The Bertz CT molecular complexity index is 1270. The molecule has 2 aliphatic rings. The van der Waals surface area contributed by atoms with Gasteiger partial charge in [-0.1, -0.05) is 48.5 Å². The van der Waals surface area contributed by atoms with E-state index in [2.05, 4.69) is 10.3 Å². The van der Waals surface area contributed by atoms with Crippen LogP contribution in [0.2, 0.25) is 0 Å². The third-order valence-corrected chi connectivity index (χ3v) is 5.44. The fraction of sp³-hybridized carbons (Fsp3) is 0.136. The third-order valence-electron chi connectivity index (χ3n) is 5.44. The zero-order valence-corrected chi connectivity index (χ0v) is 15.7. The average molecular weight is 386 g/mol. The van der Waals surface area contributed by atoms with E-state index in [4.69, 9.17) is 0 Å². The number of rotatable bonds is 2. The van der Waals surface area contributed by atoms with Crippen molar-refractivity contribution >= 4 is 11.7 Å². The number of aromatic amines is 1. The van der Waals surface area contributed by atoms with E-state index in [1.807, 2.05) is 48.5 Å². The highest BCUT2D eigenvalue weighted by molar-refractivity contribution is 6.01. The molecule has 3 aromatic rings. The molecule has 7 nitrogen and oxygen atoms in total. The molecule has 0 saturated heterocycles. The molecule has 144 valence electrons. The van der Waals surface area contributed by atoms with Crippen LogP contribution in [0.3, 0.4) is 0 Å². The summed E-state index contributed by atoms with van der Waals surface area (Å²) in [6.45, 7) is 0.396. The number of aromatic nitrogens is 2. The first kappa shape index (κ1) is 17.2. The van der Waals surface area contributed by atoms with Crippen LogP contribution in [0, 0.1) is 0 Å². The van der Waals surface area contributed by atoms with Gasteiger partial charge in [0, 0.05) is 12.7 Å². The smallest absolute Gasteiger partial charge is 0.334 e. The van der Waals surface area contributed by atoms with Gasteiger partial charge >= 0.3 is 5.69 Å². The van der Waals surface area contributed by atoms with Crippen molar-refractivity contribution in [1.29, 1.82) is 0 Å². The van der Waals surface area contributed by atoms with Gasteiger partial charge in [-0.2, -0.15) is 0 Å². The highest BCUT2D eigenvalue weighted by atomic mass is 16.2. The molecule has 29 heavy (non-hydrogen) atoms. The Balaban J connectivity index is 1.85. The monoisotopic (exact) mass is 386 g/mol. The number of carbonyl (C=O) groups is 1. The van der Waals surface area contributed by atoms with E-state index in [0.29, 0.717) is 34.9 Å². The lowest BCUT2D eigenvalue weighted by Gasteiger charge is -2.28. The van der Waals surface area contributed by atoms with Crippen LogP contribution >= 0.6 is 0 Å². The second-order valence-corrected chi connectivity index (χ2v) is 7.21. The Labute approximate surface area is 165 Å². The van der Waals surface area contributed by atoms with Gasteiger partial charge in [0.1, 0.15) is 5.82 Å². The molecule has 0 aliphatic carbocycles. The first-order chi connectivity index (χ1) is 14.1. The fourth-order valence-corrected chi connectivity index (χ4v) is 4.16. The summed E-state index contributed by atoms with van der Waals surface area (Å²) >= 11 is 0. The number of carbonyl (C=O) groups excluding carboxylic acids is 1. The summed E-state index contributed by atoms with van der Waals surface area (Å²) in [7, 11) is 1.73. The van der Waals surface area contributed by atoms with Gasteiger partial charge < -0.3 is 10.2 Å². The average Bonchev–Trinajstić information content (AvgIpc) is 3.01. The zero-order valence-electron chi connectivity index (χ0n) is 15.7. The van der Waals surface area contributed by atoms with Crippen LogP contribution in [-0.4, -0.2) is 34.0 Å². The summed E-state index contributed by atoms with van der Waals surface area (Å²) < 4.78 is 1.46. The Morgan fingerprint density at radius 2 is 1.59 bits per heavy atom. The summed E-state index contributed by atoms with van der Waals surface area (Å²) in [6, 6.07) is 18.5. The number of hydrogen-bond donors (Lipinski definition) is 2. The topological polar surface area (TPSA) is 87.2 Å². The van der Waals surface area contributed by atoms with Crippen molar-refractivity contribution in [2.75, 3.05) is 18.9 Å². The maximum absolute atomic E-state index is 13.0. The summed E-state index contributed by atoms with van der Waals surface area (Å²) in [4.78, 5) is 42.7. The number of para-hydroxylation sites is 1. The Morgan fingerprint density at radius 3 is 2.28 bits per heavy atom. The summed E-state index contributed by atoms with van der Waals surface area (Å²) in [5, 5.41) is 3.23. The van der Waals surface area contributed by atoms with Crippen LogP contribution in [-0.2, 0) is 4.79 Å². The minimum atomic E-state index is -0.556. The number of H-pyrrole nitrogens is 1. The van der Waals surface area contributed by atoms with Gasteiger partial charge in [-0.15, -0.1) is 0 Å². The normalized spacial score (nSPS) is 17.8. The first-order valence-corrected chi connectivity index (χ1v) is 9.31. The minimum absolute atomic E-state index is 0.121. The molecule has 7 heteroatoms. The van der Waals surface area contributed by atoms with Crippen molar-refractivity contribution < 1.29 is 4.79 Å². The number of fused-ring (bicyclic) bond motifs is 1. The van der Waals surface area contributed by atoms with Crippen molar-refractivity contribution in [2.24, 2.45) is 0 Å². The van der Waals surface area contributed by atoms with Gasteiger partial charge in [0.2, 0.25) is 0 Å². The highest BCUT2D eigenvalue weighted by Crippen LogP contribution is 2.42. The predicted molar refractivity (Wildman–Crippen MR) is 109 cm³/mol. The second-order valence-electron chi connectivity index (χ2n) is 7.21. The minimum Gasteiger partial charge on any atom is -0.342 e. The molecule has 0 saturated carbocycles. The van der Waals surface area contributed by atoms with Crippen molar-refractivity contribution in [1.82, 2.24) is 14.5 Å². The third kappa shape index (κ3) is 2.55. The molecule has 3 heterocycles. The summed E-state index contributed by atoms with van der Waals surface area (Å²) in [5.74, 6) is -0.274. The molecule has 0 spiro atoms. The van der Waals surface area contributed by atoms with Gasteiger partial charge in [-0.25, -0.2) is 9.36 Å². The number of amides is 1. The fourth-order valence-electron chi connectivity index (χ4n) is 4.16. The van der Waals surface area contributed by atoms with E-state index in [1.165, 1.54) is 4.57 Å². The van der Waals surface area contributed by atoms with Gasteiger partial charge in [0.25, 0.3) is 11.5 Å². The maximum Gasteiger partial charge on any atom is 0.334 e. The standard InChI is InChI=1S/C22H18N4O3/c1-25-12-15-17(21(25)28)16(13-8-4-2-5-9-13)18-19(23-15)26(22(29)24-20(18)27)14-10-6-3-7-11-14/h2-11,16,23H,12H2,1H3,(H,24,27,29). The first-order valence-electron chi connectivity index (χ1n) is 9.31. The SMILES string of the molecule is CN1CC2=C(C1=O)C(c1ccccc1)c1c(n(-c3ccccc3)c(=O)[nH]c1=O)N2. The van der Waals surface area contributed by atoms with E-state index < -0.39 is 17.2 Å². The number of anilines is 1. The lowest BCUT2D eigenvalue weighted by atomic mass is 9.82. The summed E-state index contributed by atoms with van der Waals surface area (Å²) in [5.41, 5.74) is 2.07. The predicted octanol–water partition coefficient (Wildman–Crippen LogP) is 1.81. The van der Waals surface area contributed by atoms with Crippen LogP contribution < -0.4 is 16.6 Å². The molecule has 2 N–H and O–H groups in total. The lowest BCUT2D eigenvalue weighted by molar-refractivity contribution is -0.124. The van der Waals surface area contributed by atoms with Crippen LogP contribution in [0.15, 0.2) is 81.5 Å². The van der Waals surface area contributed by atoms with Crippen molar-refractivity contribution in [3.63, 3.8) is 0 Å². The van der Waals surface area contributed by atoms with E-state index in [9.17, 15) is 14.4 Å². The number of nitrogens with zero attached hydrogens (tertiary/aromatic N) is 2. The number of hydrogen-bond acceptors (Lipinski definition) is 4. The molecule has 5 rings (SSSR count). The molecule has 0 bridgehead atoms. The van der Waals surface area contributed by atoms with Crippen molar-refractivity contribution in [3.8, 4) is 5.69 Å². The van der Waals surface area contributed by atoms with Crippen LogP contribution in [0.5, 0.6) is 0 Å². The van der Waals surface area contributed by atoms with Crippen LogP contribution in [0.25, 0.3) is 5.69 Å². The quantitative estimate of drug-likeness (QED) is 0.703. The van der Waals surface area contributed by atoms with E-state index in [-0.39, 0.29) is 5.91 Å². The second kappa shape index (κ2) is 6.34. The van der Waals surface area contributed by atoms with Gasteiger partial charge in [-0.3, -0.25) is 14.6 Å². The maximum atomic E-state index is 13.0. The molecule has 2 aromatic carbocycles. The molecule has 1 unspecified atom stereocenters. The largest absolute Gasteiger partial charge is 0.342 e. The van der Waals surface area contributed by atoms with Gasteiger partial charge in [0.15, 0.2) is 0 Å².